The number of nitrogens with zero attached hydrogens (tertiary/aromatic N) is 2. The molecule has 12 heteroatoms. The number of rotatable bonds is 11. The number of alkyl halides is 4. The predicted molar refractivity (Wildman–Crippen MR) is 146 cm³/mol. The van der Waals surface area contributed by atoms with Crippen LogP contribution in [0.1, 0.15) is 37.4 Å². The van der Waals surface area contributed by atoms with Crippen molar-refractivity contribution in [1.82, 2.24) is 15.6 Å². The Kier molecular flexibility index (Phi) is 9.89. The van der Waals surface area contributed by atoms with E-state index in [4.69, 9.17) is 0 Å². The molecule has 0 bridgehead atoms. The van der Waals surface area contributed by atoms with Gasteiger partial charge in [0.05, 0.1) is 17.0 Å². The van der Waals surface area contributed by atoms with Crippen molar-refractivity contribution < 1.29 is 30.8 Å². The Balaban J connectivity index is 1.85. The topological polar surface area (TPSA) is 112 Å². The Morgan fingerprint density at radius 1 is 1.00 bits per heavy atom. The van der Waals surface area contributed by atoms with E-state index in [9.17, 15) is 36.0 Å². The number of hydrogen-bond acceptors (Lipinski definition) is 6. The van der Waals surface area contributed by atoms with Crippen molar-refractivity contribution >= 4 is 15.7 Å². The molecule has 3 aromatic rings. The number of nitrogens with one attached hydrogen (secondary N) is 2. The monoisotopic (exact) mass is 590 g/mol. The lowest BCUT2D eigenvalue weighted by Gasteiger charge is -2.30. The minimum atomic E-state index is -4.85. The average Bonchev–Trinajstić information content (AvgIpc) is 2.89. The van der Waals surface area contributed by atoms with Gasteiger partial charge in [-0.3, -0.25) is 15.1 Å². The molecule has 2 aromatic carbocycles. The second-order valence-corrected chi connectivity index (χ2v) is 12.3. The quantitative estimate of drug-likeness (QED) is 0.301. The lowest BCUT2D eigenvalue weighted by Crippen LogP contribution is -2.53. The van der Waals surface area contributed by atoms with E-state index >= 15 is 0 Å². The van der Waals surface area contributed by atoms with Crippen LogP contribution in [0.15, 0.2) is 78.0 Å². The fourth-order valence-corrected chi connectivity index (χ4v) is 4.84. The maximum atomic E-state index is 14.6. The van der Waals surface area contributed by atoms with Crippen LogP contribution in [0.5, 0.6) is 0 Å². The summed E-state index contributed by atoms with van der Waals surface area (Å²) in [6, 6.07) is 11.5. The molecule has 0 saturated carbocycles. The van der Waals surface area contributed by atoms with E-state index in [1.165, 1.54) is 48.8 Å². The molecule has 1 unspecified atom stereocenters. The molecule has 0 radical (unpaired) electrons. The number of carbonyl (C=O) groups excluding carboxylic acids is 1. The molecule has 3 rings (SSSR count). The number of benzene rings is 2. The molecule has 1 heterocycles. The number of nitriles is 1. The first-order chi connectivity index (χ1) is 19.1. The Labute approximate surface area is 236 Å². The van der Waals surface area contributed by atoms with Gasteiger partial charge in [-0.2, -0.15) is 18.4 Å². The summed E-state index contributed by atoms with van der Waals surface area (Å²) >= 11 is 0. The van der Waals surface area contributed by atoms with E-state index in [1.54, 1.807) is 24.3 Å². The predicted octanol–water partition coefficient (Wildman–Crippen LogP) is 5.10. The Morgan fingerprint density at radius 2 is 1.59 bits per heavy atom. The fourth-order valence-electron chi connectivity index (χ4n) is 4.21. The van der Waals surface area contributed by atoms with E-state index in [0.29, 0.717) is 16.7 Å². The standard InChI is InChI=1S/C29H30F4N4O3S/c1-28(2,30)16-25(27(38)36-23(17-34)15-19-5-4-14-35-18-19)37-26(29(31,32)33)22-8-6-20(7-9-22)21-10-12-24(13-11-21)41(3,39)40/h4-14,18,23,25-26,37H,15-16H2,1-3H3,(H,36,38)/t23?,25-,26-/m0/s1. The van der Waals surface area contributed by atoms with Gasteiger partial charge in [0, 0.05) is 31.5 Å². The molecule has 0 saturated heterocycles. The maximum absolute atomic E-state index is 14.6. The largest absolute Gasteiger partial charge is 0.407 e. The summed E-state index contributed by atoms with van der Waals surface area (Å²) in [7, 11) is -3.41. The van der Waals surface area contributed by atoms with Gasteiger partial charge >= 0.3 is 6.18 Å². The Hall–Kier alpha value is -3.82. The van der Waals surface area contributed by atoms with Crippen molar-refractivity contribution in [3.8, 4) is 17.2 Å². The van der Waals surface area contributed by atoms with Crippen molar-refractivity contribution in [2.75, 3.05) is 6.26 Å². The number of carbonyl (C=O) groups is 1. The zero-order valence-electron chi connectivity index (χ0n) is 22.6. The number of aromatic nitrogens is 1. The summed E-state index contributed by atoms with van der Waals surface area (Å²) in [6.07, 6.45) is -1.26. The molecule has 0 aliphatic carbocycles. The SMILES string of the molecule is CC(C)(F)C[C@H](N[C@@H](c1ccc(-c2ccc(S(C)(=O)=O)cc2)cc1)C(F)(F)F)C(=O)NC(C#N)Cc1cccnc1. The van der Waals surface area contributed by atoms with Gasteiger partial charge in [0.15, 0.2) is 9.84 Å². The van der Waals surface area contributed by atoms with E-state index in [0.717, 1.165) is 20.1 Å². The normalized spacial score (nSPS) is 14.5. The third-order valence-corrected chi connectivity index (χ3v) is 7.32. The maximum Gasteiger partial charge on any atom is 0.407 e. The number of amides is 1. The summed E-state index contributed by atoms with van der Waals surface area (Å²) in [5.74, 6) is -0.942. The summed E-state index contributed by atoms with van der Waals surface area (Å²) in [4.78, 5) is 17.1. The molecular weight excluding hydrogens is 560 g/mol. The molecule has 0 spiro atoms. The average molecular weight is 591 g/mol. The highest BCUT2D eigenvalue weighted by Gasteiger charge is 2.44. The number of hydrogen-bond donors (Lipinski definition) is 2. The summed E-state index contributed by atoms with van der Waals surface area (Å²) in [5.41, 5.74) is -0.447. The second-order valence-electron chi connectivity index (χ2n) is 10.3. The first-order valence-electron chi connectivity index (χ1n) is 12.6. The highest BCUT2D eigenvalue weighted by atomic mass is 32.2. The lowest BCUT2D eigenvalue weighted by atomic mass is 9.96. The molecule has 1 aromatic heterocycles. The number of sulfone groups is 1. The molecule has 41 heavy (non-hydrogen) atoms. The van der Waals surface area contributed by atoms with Crippen LogP contribution in [0.25, 0.3) is 11.1 Å². The van der Waals surface area contributed by atoms with E-state index in [1.807, 2.05) is 6.07 Å². The van der Waals surface area contributed by atoms with Gasteiger partial charge in [-0.1, -0.05) is 42.5 Å². The van der Waals surface area contributed by atoms with Crippen LogP contribution in [0.4, 0.5) is 17.6 Å². The second kappa shape index (κ2) is 12.8. The highest BCUT2D eigenvalue weighted by Crippen LogP contribution is 2.35. The van der Waals surface area contributed by atoms with E-state index in [-0.39, 0.29) is 16.9 Å². The fraction of sp³-hybridized carbons (Fsp3) is 0.345. The summed E-state index contributed by atoms with van der Waals surface area (Å²) in [5, 5.41) is 14.2. The highest BCUT2D eigenvalue weighted by molar-refractivity contribution is 7.90. The minimum absolute atomic E-state index is 0.0666. The van der Waals surface area contributed by atoms with Crippen LogP contribution < -0.4 is 10.6 Å². The molecule has 7 nitrogen and oxygen atoms in total. The molecule has 218 valence electrons. The third kappa shape index (κ3) is 9.37. The lowest BCUT2D eigenvalue weighted by molar-refractivity contribution is -0.161. The van der Waals surface area contributed by atoms with Crippen molar-refractivity contribution in [1.29, 1.82) is 5.26 Å². The molecule has 0 aliphatic rings. The number of pyridine rings is 1. The summed E-state index contributed by atoms with van der Waals surface area (Å²) < 4.78 is 80.8. The zero-order chi connectivity index (χ0) is 30.4. The first kappa shape index (κ1) is 31.7. The zero-order valence-corrected chi connectivity index (χ0v) is 23.4. The van der Waals surface area contributed by atoms with Gasteiger partial charge in [0.1, 0.15) is 17.8 Å². The van der Waals surface area contributed by atoms with Crippen molar-refractivity contribution in [3.05, 3.63) is 84.2 Å². The molecule has 3 atom stereocenters. The smallest absolute Gasteiger partial charge is 0.339 e. The number of halogens is 4. The van der Waals surface area contributed by atoms with Crippen molar-refractivity contribution in [2.24, 2.45) is 0 Å². The molecular formula is C29H30F4N4O3S. The Morgan fingerprint density at radius 3 is 2.05 bits per heavy atom. The molecule has 0 aliphatic heterocycles. The van der Waals surface area contributed by atoms with Crippen molar-refractivity contribution in [3.63, 3.8) is 0 Å². The van der Waals surface area contributed by atoms with Crippen LogP contribution in [0, 0.1) is 11.3 Å². The van der Waals surface area contributed by atoms with Gasteiger partial charge in [-0.05, 0) is 54.3 Å². The van der Waals surface area contributed by atoms with Gasteiger partial charge in [-0.15, -0.1) is 0 Å². The van der Waals surface area contributed by atoms with Gasteiger partial charge in [-0.25, -0.2) is 12.8 Å². The third-order valence-electron chi connectivity index (χ3n) is 6.20. The Bertz CT molecular complexity index is 1470. The molecule has 1 amide bonds. The van der Waals surface area contributed by atoms with Gasteiger partial charge in [0.25, 0.3) is 0 Å². The van der Waals surface area contributed by atoms with Crippen LogP contribution in [-0.2, 0) is 21.1 Å². The van der Waals surface area contributed by atoms with Gasteiger partial charge in [0.2, 0.25) is 5.91 Å². The summed E-state index contributed by atoms with van der Waals surface area (Å²) in [6.45, 7) is 2.30. The van der Waals surface area contributed by atoms with Crippen LogP contribution in [0.3, 0.4) is 0 Å². The molecule has 0 fully saturated rings. The van der Waals surface area contributed by atoms with Gasteiger partial charge < -0.3 is 5.32 Å². The van der Waals surface area contributed by atoms with E-state index < -0.39 is 52.1 Å². The van der Waals surface area contributed by atoms with E-state index in [2.05, 4.69) is 15.6 Å². The minimum Gasteiger partial charge on any atom is -0.339 e. The van der Waals surface area contributed by atoms with Crippen LogP contribution >= 0.6 is 0 Å². The van der Waals surface area contributed by atoms with Crippen LogP contribution in [-0.4, -0.2) is 49.5 Å². The van der Waals surface area contributed by atoms with Crippen LogP contribution in [0.2, 0.25) is 0 Å². The molecule has 2 N–H and O–H groups in total. The van der Waals surface area contributed by atoms with Crippen molar-refractivity contribution in [2.45, 2.75) is 61.6 Å². The first-order valence-corrected chi connectivity index (χ1v) is 14.5.